The number of piperazine rings is 1. The van der Waals surface area contributed by atoms with E-state index in [0.29, 0.717) is 11.7 Å². The van der Waals surface area contributed by atoms with Gasteiger partial charge in [0, 0.05) is 44.0 Å². The molecule has 1 aliphatic carbocycles. The fourth-order valence-electron chi connectivity index (χ4n) is 4.51. The third-order valence-corrected chi connectivity index (χ3v) is 7.80. The number of rotatable bonds is 8. The van der Waals surface area contributed by atoms with Crippen LogP contribution in [0.25, 0.3) is 10.9 Å². The molecule has 2 aliphatic rings. The van der Waals surface area contributed by atoms with E-state index in [1.807, 2.05) is 35.2 Å². The molecule has 1 aromatic heterocycles. The van der Waals surface area contributed by atoms with Gasteiger partial charge in [0.05, 0.1) is 25.5 Å². The number of amides is 1. The molecule has 2 heterocycles. The number of nitrogens with zero attached hydrogens (tertiary/aromatic N) is 4. The fraction of sp³-hybridized carbons (Fsp3) is 0.444. The molecule has 0 radical (unpaired) electrons. The average Bonchev–Trinajstić information content (AvgIpc) is 3.74. The smallest absolute Gasteiger partial charge is 0.233 e. The largest absolute Gasteiger partial charge is 0.493 e. The highest BCUT2D eigenvalue weighted by Gasteiger charge is 2.28. The van der Waals surface area contributed by atoms with Gasteiger partial charge in [-0.1, -0.05) is 30.0 Å². The summed E-state index contributed by atoms with van der Waals surface area (Å²) in [4.78, 5) is 27.0. The minimum absolute atomic E-state index is 0.174. The number of ether oxygens (including phenoxy) is 2. The molecular weight excluding hydrogens is 460 g/mol. The summed E-state index contributed by atoms with van der Waals surface area (Å²) in [5.74, 6) is 3.49. The van der Waals surface area contributed by atoms with E-state index in [-0.39, 0.29) is 5.91 Å². The molecule has 1 amide bonds. The van der Waals surface area contributed by atoms with Crippen molar-refractivity contribution in [1.82, 2.24) is 19.8 Å². The number of carbonyl (C=O) groups excluding carboxylic acids is 1. The summed E-state index contributed by atoms with van der Waals surface area (Å²) in [7, 11) is 3.32. The molecule has 2 aromatic carbocycles. The van der Waals surface area contributed by atoms with Crippen LogP contribution in [0.1, 0.15) is 35.7 Å². The first kappa shape index (κ1) is 23.9. The lowest BCUT2D eigenvalue weighted by Gasteiger charge is -2.35. The Morgan fingerprint density at radius 3 is 2.46 bits per heavy atom. The second kappa shape index (κ2) is 10.4. The molecule has 3 aromatic rings. The maximum absolute atomic E-state index is 13.0. The van der Waals surface area contributed by atoms with Crippen LogP contribution < -0.4 is 9.47 Å². The van der Waals surface area contributed by atoms with E-state index in [1.165, 1.54) is 11.1 Å². The number of carbonyl (C=O) groups is 1. The van der Waals surface area contributed by atoms with E-state index >= 15 is 0 Å². The third-order valence-electron chi connectivity index (χ3n) is 6.82. The van der Waals surface area contributed by atoms with Gasteiger partial charge >= 0.3 is 0 Å². The second-order valence-electron chi connectivity index (χ2n) is 9.26. The van der Waals surface area contributed by atoms with Gasteiger partial charge in [-0.05, 0) is 49.1 Å². The molecule has 1 saturated heterocycles. The summed E-state index contributed by atoms with van der Waals surface area (Å²) in [6.07, 6.45) is 2.32. The zero-order valence-corrected chi connectivity index (χ0v) is 21.4. The van der Waals surface area contributed by atoms with Crippen LogP contribution in [0.15, 0.2) is 41.4 Å². The number of hydrogen-bond donors (Lipinski definition) is 0. The average molecular weight is 493 g/mol. The Morgan fingerprint density at radius 2 is 1.74 bits per heavy atom. The molecule has 35 heavy (non-hydrogen) atoms. The molecule has 5 rings (SSSR count). The van der Waals surface area contributed by atoms with Gasteiger partial charge < -0.3 is 14.4 Å². The SMILES string of the molecule is COc1cc(C)c(CN2CCN(C(=O)CSc3nc(C4CC4)nc4ccccc34)CC2)cc1OC. The van der Waals surface area contributed by atoms with Gasteiger partial charge in [0.15, 0.2) is 11.5 Å². The number of hydrogen-bond acceptors (Lipinski definition) is 7. The summed E-state index contributed by atoms with van der Waals surface area (Å²) in [6, 6.07) is 12.2. The van der Waals surface area contributed by atoms with E-state index in [0.717, 1.165) is 78.8 Å². The third kappa shape index (κ3) is 5.38. The van der Waals surface area contributed by atoms with Gasteiger partial charge in [0.2, 0.25) is 5.91 Å². The highest BCUT2D eigenvalue weighted by Crippen LogP contribution is 2.40. The van der Waals surface area contributed by atoms with Crippen molar-refractivity contribution in [3.63, 3.8) is 0 Å². The lowest BCUT2D eigenvalue weighted by Crippen LogP contribution is -2.48. The fourth-order valence-corrected chi connectivity index (χ4v) is 5.44. The molecule has 1 saturated carbocycles. The van der Waals surface area contributed by atoms with Crippen LogP contribution in [0.2, 0.25) is 0 Å². The number of aryl methyl sites for hydroxylation is 1. The lowest BCUT2D eigenvalue weighted by atomic mass is 10.1. The molecule has 0 atom stereocenters. The Bertz CT molecular complexity index is 1220. The highest BCUT2D eigenvalue weighted by molar-refractivity contribution is 8.00. The van der Waals surface area contributed by atoms with E-state index in [9.17, 15) is 4.79 Å². The van der Waals surface area contributed by atoms with Crippen molar-refractivity contribution in [1.29, 1.82) is 0 Å². The van der Waals surface area contributed by atoms with Gasteiger partial charge in [0.25, 0.3) is 0 Å². The highest BCUT2D eigenvalue weighted by atomic mass is 32.2. The van der Waals surface area contributed by atoms with E-state index in [2.05, 4.69) is 17.9 Å². The molecule has 0 N–H and O–H groups in total. The van der Waals surface area contributed by atoms with Crippen molar-refractivity contribution in [2.75, 3.05) is 46.2 Å². The van der Waals surface area contributed by atoms with Crippen molar-refractivity contribution in [3.8, 4) is 11.5 Å². The molecule has 0 spiro atoms. The Kier molecular flexibility index (Phi) is 7.11. The second-order valence-corrected chi connectivity index (χ2v) is 10.2. The molecule has 1 aliphatic heterocycles. The van der Waals surface area contributed by atoms with Crippen molar-refractivity contribution in [2.24, 2.45) is 0 Å². The Hall–Kier alpha value is -2.84. The van der Waals surface area contributed by atoms with Crippen molar-refractivity contribution < 1.29 is 14.3 Å². The maximum Gasteiger partial charge on any atom is 0.233 e. The first-order valence-corrected chi connectivity index (χ1v) is 13.2. The first-order valence-electron chi connectivity index (χ1n) is 12.2. The van der Waals surface area contributed by atoms with Crippen LogP contribution >= 0.6 is 11.8 Å². The molecular formula is C27H32N4O3S. The monoisotopic (exact) mass is 492 g/mol. The zero-order chi connectivity index (χ0) is 24.4. The lowest BCUT2D eigenvalue weighted by molar-refractivity contribution is -0.130. The van der Waals surface area contributed by atoms with Gasteiger partial charge in [-0.25, -0.2) is 9.97 Å². The predicted octanol–water partition coefficient (Wildman–Crippen LogP) is 4.27. The van der Waals surface area contributed by atoms with Gasteiger partial charge in [-0.3, -0.25) is 9.69 Å². The number of thioether (sulfide) groups is 1. The molecule has 7 nitrogen and oxygen atoms in total. The summed E-state index contributed by atoms with van der Waals surface area (Å²) in [6.45, 7) is 6.12. The minimum Gasteiger partial charge on any atom is -0.493 e. The Balaban J connectivity index is 1.18. The minimum atomic E-state index is 0.174. The van der Waals surface area contributed by atoms with Crippen LogP contribution in [0.5, 0.6) is 11.5 Å². The quantitative estimate of drug-likeness (QED) is 0.344. The van der Waals surface area contributed by atoms with Crippen LogP contribution in [0.3, 0.4) is 0 Å². The standard InChI is InChI=1S/C27H32N4O3S/c1-18-14-23(33-2)24(34-3)15-20(18)16-30-10-12-31(13-11-30)25(32)17-35-27-21-6-4-5-7-22(21)28-26(29-27)19-8-9-19/h4-7,14-15,19H,8-13,16-17H2,1-3H3. The van der Waals surface area contributed by atoms with Crippen LogP contribution in [0, 0.1) is 6.92 Å². The van der Waals surface area contributed by atoms with Crippen LogP contribution in [-0.4, -0.2) is 71.8 Å². The summed E-state index contributed by atoms with van der Waals surface area (Å²) in [5.41, 5.74) is 3.37. The van der Waals surface area contributed by atoms with Crippen molar-refractivity contribution >= 4 is 28.6 Å². The van der Waals surface area contributed by atoms with E-state index in [1.54, 1.807) is 26.0 Å². The summed E-state index contributed by atoms with van der Waals surface area (Å²) < 4.78 is 10.9. The Labute approximate surface area is 210 Å². The number of methoxy groups -OCH3 is 2. The number of benzene rings is 2. The van der Waals surface area contributed by atoms with Crippen LogP contribution in [-0.2, 0) is 11.3 Å². The Morgan fingerprint density at radius 1 is 1.03 bits per heavy atom. The molecule has 0 unspecified atom stereocenters. The van der Waals surface area contributed by atoms with Gasteiger partial charge in [-0.2, -0.15) is 0 Å². The van der Waals surface area contributed by atoms with Crippen molar-refractivity contribution in [3.05, 3.63) is 53.3 Å². The molecule has 0 bridgehead atoms. The number of fused-ring (bicyclic) bond motifs is 1. The first-order chi connectivity index (χ1) is 17.1. The van der Waals surface area contributed by atoms with E-state index in [4.69, 9.17) is 19.4 Å². The number of para-hydroxylation sites is 1. The zero-order valence-electron chi connectivity index (χ0n) is 20.6. The molecule has 8 heteroatoms. The number of aromatic nitrogens is 2. The van der Waals surface area contributed by atoms with Crippen LogP contribution in [0.4, 0.5) is 0 Å². The van der Waals surface area contributed by atoms with Gasteiger partial charge in [-0.15, -0.1) is 0 Å². The maximum atomic E-state index is 13.0. The van der Waals surface area contributed by atoms with E-state index < -0.39 is 0 Å². The summed E-state index contributed by atoms with van der Waals surface area (Å²) in [5, 5.41) is 1.96. The predicted molar refractivity (Wildman–Crippen MR) is 138 cm³/mol. The van der Waals surface area contributed by atoms with Gasteiger partial charge in [0.1, 0.15) is 10.9 Å². The topological polar surface area (TPSA) is 67.8 Å². The van der Waals surface area contributed by atoms with Crippen molar-refractivity contribution in [2.45, 2.75) is 37.3 Å². The summed E-state index contributed by atoms with van der Waals surface area (Å²) >= 11 is 1.54. The molecule has 2 fully saturated rings. The molecule has 184 valence electrons. The normalized spacial score (nSPS) is 16.5.